The highest BCUT2D eigenvalue weighted by Crippen LogP contribution is 2.29. The Kier molecular flexibility index (Phi) is 6.05. The molecule has 1 aliphatic heterocycles. The Balaban J connectivity index is 2.22. The number of carboxylic acid groups (broad SMARTS) is 1. The van der Waals surface area contributed by atoms with Crippen molar-refractivity contribution < 1.29 is 24.5 Å². The molecule has 18 heavy (non-hydrogen) atoms. The topological polar surface area (TPSA) is 76.0 Å². The lowest BCUT2D eigenvalue weighted by molar-refractivity contribution is -0.304. The molecule has 0 aliphatic carbocycles. The Morgan fingerprint density at radius 1 is 1.22 bits per heavy atom. The molecule has 2 N–H and O–H groups in total. The number of aliphatic hydroxyl groups excluding tert-OH is 1. The maximum Gasteiger partial charge on any atom is 0.303 e. The summed E-state index contributed by atoms with van der Waals surface area (Å²) in [5.41, 5.74) is 0. The summed E-state index contributed by atoms with van der Waals surface area (Å²) >= 11 is 0. The van der Waals surface area contributed by atoms with Crippen LogP contribution >= 0.6 is 0 Å². The van der Waals surface area contributed by atoms with Crippen molar-refractivity contribution in [2.45, 2.75) is 70.4 Å². The molecule has 1 heterocycles. The van der Waals surface area contributed by atoms with Crippen LogP contribution in [0.3, 0.4) is 0 Å². The van der Waals surface area contributed by atoms with Gasteiger partial charge in [0, 0.05) is 12.8 Å². The third-order valence-electron chi connectivity index (χ3n) is 3.05. The fourth-order valence-electron chi connectivity index (χ4n) is 2.33. The van der Waals surface area contributed by atoms with E-state index in [2.05, 4.69) is 0 Å². The van der Waals surface area contributed by atoms with Crippen LogP contribution in [0.2, 0.25) is 0 Å². The molecule has 0 unspecified atom stereocenters. The minimum atomic E-state index is -0.737. The Labute approximate surface area is 108 Å². The minimum absolute atomic E-state index is 0.0162. The van der Waals surface area contributed by atoms with E-state index in [1.54, 1.807) is 0 Å². The maximum atomic E-state index is 10.4. The Bertz CT molecular complexity index is 264. The highest BCUT2D eigenvalue weighted by Gasteiger charge is 2.34. The largest absolute Gasteiger partial charge is 0.481 e. The number of rotatable bonds is 7. The summed E-state index contributed by atoms with van der Waals surface area (Å²) in [7, 11) is 0. The highest BCUT2D eigenvalue weighted by molar-refractivity contribution is 5.66. The number of ether oxygens (including phenoxy) is 2. The molecular formula is C13H24O5. The number of unbranched alkanes of at least 4 members (excludes halogenated alkanes) is 2. The Hall–Kier alpha value is -0.650. The van der Waals surface area contributed by atoms with Gasteiger partial charge in [-0.25, -0.2) is 0 Å². The molecule has 0 radical (unpaired) electrons. The van der Waals surface area contributed by atoms with Crippen LogP contribution in [-0.4, -0.2) is 40.8 Å². The first-order valence-corrected chi connectivity index (χ1v) is 6.61. The van der Waals surface area contributed by atoms with E-state index < -0.39 is 11.8 Å². The van der Waals surface area contributed by atoms with Gasteiger partial charge >= 0.3 is 5.97 Å². The molecule has 0 bridgehead atoms. The predicted molar refractivity (Wildman–Crippen MR) is 66.2 cm³/mol. The molecule has 0 aromatic carbocycles. The van der Waals surface area contributed by atoms with Gasteiger partial charge in [0.05, 0.1) is 18.8 Å². The van der Waals surface area contributed by atoms with Gasteiger partial charge in [0.15, 0.2) is 5.79 Å². The average Bonchev–Trinajstić information content (AvgIpc) is 2.26. The predicted octanol–water partition coefficient (Wildman–Crippen LogP) is 1.92. The zero-order valence-electron chi connectivity index (χ0n) is 11.2. The van der Waals surface area contributed by atoms with Gasteiger partial charge in [-0.3, -0.25) is 4.79 Å². The number of hydrogen-bond donors (Lipinski definition) is 2. The van der Waals surface area contributed by atoms with E-state index in [4.69, 9.17) is 19.7 Å². The molecule has 106 valence electrons. The summed E-state index contributed by atoms with van der Waals surface area (Å²) in [5, 5.41) is 17.7. The zero-order chi connectivity index (χ0) is 13.6. The molecule has 0 spiro atoms. The van der Waals surface area contributed by atoms with Crippen LogP contribution in [0, 0.1) is 0 Å². The molecule has 5 heteroatoms. The first-order valence-electron chi connectivity index (χ1n) is 6.61. The first-order chi connectivity index (χ1) is 8.43. The maximum absolute atomic E-state index is 10.4. The summed E-state index contributed by atoms with van der Waals surface area (Å²) in [6.07, 6.45) is 4.34. The summed E-state index contributed by atoms with van der Waals surface area (Å²) in [5.74, 6) is -1.38. The van der Waals surface area contributed by atoms with Crippen LogP contribution in [0.1, 0.15) is 52.4 Å². The van der Waals surface area contributed by atoms with Gasteiger partial charge in [-0.2, -0.15) is 0 Å². The molecule has 1 aliphatic rings. The summed E-state index contributed by atoms with van der Waals surface area (Å²) in [6.45, 7) is 3.72. The molecule has 1 fully saturated rings. The normalized spacial score (nSPS) is 27.1. The summed E-state index contributed by atoms with van der Waals surface area (Å²) in [4.78, 5) is 10.4. The number of aliphatic hydroxyl groups is 1. The zero-order valence-corrected chi connectivity index (χ0v) is 11.2. The smallest absolute Gasteiger partial charge is 0.303 e. The van der Waals surface area contributed by atoms with Gasteiger partial charge in [0.1, 0.15) is 0 Å². The van der Waals surface area contributed by atoms with Gasteiger partial charge in [-0.1, -0.05) is 12.8 Å². The van der Waals surface area contributed by atoms with Gasteiger partial charge in [-0.15, -0.1) is 0 Å². The van der Waals surface area contributed by atoms with Crippen molar-refractivity contribution >= 4 is 5.97 Å². The minimum Gasteiger partial charge on any atom is -0.481 e. The molecule has 0 amide bonds. The van der Waals surface area contributed by atoms with E-state index in [1.807, 2.05) is 13.8 Å². The standard InChI is InChI=1S/C13H24O5/c1-13(2)17-10(8-11(9-14)18-13)6-4-3-5-7-12(15)16/h10-11,14H,3-9H2,1-2H3,(H,15,16)/t10-,11-/m1/s1. The lowest BCUT2D eigenvalue weighted by atomic mass is 10.0. The molecule has 2 atom stereocenters. The second-order valence-electron chi connectivity index (χ2n) is 5.29. The van der Waals surface area contributed by atoms with Crippen molar-refractivity contribution in [1.29, 1.82) is 0 Å². The first kappa shape index (κ1) is 15.4. The van der Waals surface area contributed by atoms with Gasteiger partial charge in [0.25, 0.3) is 0 Å². The van der Waals surface area contributed by atoms with Gasteiger partial charge in [-0.05, 0) is 26.7 Å². The molecule has 1 rings (SSSR count). The number of carbonyl (C=O) groups is 1. The Morgan fingerprint density at radius 2 is 1.89 bits per heavy atom. The fraction of sp³-hybridized carbons (Fsp3) is 0.923. The molecule has 5 nitrogen and oxygen atoms in total. The van der Waals surface area contributed by atoms with E-state index in [-0.39, 0.29) is 25.2 Å². The van der Waals surface area contributed by atoms with Crippen LogP contribution in [0.25, 0.3) is 0 Å². The van der Waals surface area contributed by atoms with Crippen LogP contribution in [-0.2, 0) is 14.3 Å². The van der Waals surface area contributed by atoms with Crippen molar-refractivity contribution in [2.75, 3.05) is 6.61 Å². The number of aliphatic carboxylic acids is 1. The third-order valence-corrected chi connectivity index (χ3v) is 3.05. The van der Waals surface area contributed by atoms with Crippen LogP contribution in [0.5, 0.6) is 0 Å². The van der Waals surface area contributed by atoms with Crippen molar-refractivity contribution in [3.05, 3.63) is 0 Å². The average molecular weight is 260 g/mol. The SMILES string of the molecule is CC1(C)O[C@H](CCCCCC(=O)O)C[C@H](CO)O1. The van der Waals surface area contributed by atoms with Crippen molar-refractivity contribution in [1.82, 2.24) is 0 Å². The summed E-state index contributed by atoms with van der Waals surface area (Å²) in [6, 6.07) is 0. The van der Waals surface area contributed by atoms with E-state index in [9.17, 15) is 4.79 Å². The molecule has 0 aromatic rings. The van der Waals surface area contributed by atoms with Crippen molar-refractivity contribution in [3.8, 4) is 0 Å². The molecule has 1 saturated heterocycles. The lowest BCUT2D eigenvalue weighted by Gasteiger charge is -2.40. The number of hydrogen-bond acceptors (Lipinski definition) is 4. The third kappa shape index (κ3) is 5.80. The van der Waals surface area contributed by atoms with E-state index in [0.29, 0.717) is 12.8 Å². The summed E-state index contributed by atoms with van der Waals surface area (Å²) < 4.78 is 11.3. The lowest BCUT2D eigenvalue weighted by Crippen LogP contribution is -2.45. The van der Waals surface area contributed by atoms with Gasteiger partial charge in [0.2, 0.25) is 0 Å². The van der Waals surface area contributed by atoms with Gasteiger partial charge < -0.3 is 19.7 Å². The van der Waals surface area contributed by atoms with E-state index >= 15 is 0 Å². The van der Waals surface area contributed by atoms with Crippen LogP contribution < -0.4 is 0 Å². The fourth-order valence-corrected chi connectivity index (χ4v) is 2.33. The molecular weight excluding hydrogens is 236 g/mol. The second-order valence-corrected chi connectivity index (χ2v) is 5.29. The second kappa shape index (κ2) is 7.07. The van der Waals surface area contributed by atoms with Crippen molar-refractivity contribution in [2.24, 2.45) is 0 Å². The van der Waals surface area contributed by atoms with Crippen LogP contribution in [0.4, 0.5) is 0 Å². The number of carboxylic acids is 1. The monoisotopic (exact) mass is 260 g/mol. The van der Waals surface area contributed by atoms with E-state index in [0.717, 1.165) is 19.3 Å². The molecule has 0 aromatic heterocycles. The quantitative estimate of drug-likeness (QED) is 0.684. The van der Waals surface area contributed by atoms with Crippen LogP contribution in [0.15, 0.2) is 0 Å². The Morgan fingerprint density at radius 3 is 2.50 bits per heavy atom. The van der Waals surface area contributed by atoms with E-state index in [1.165, 1.54) is 0 Å². The molecule has 0 saturated carbocycles. The highest BCUT2D eigenvalue weighted by atomic mass is 16.7. The van der Waals surface area contributed by atoms with Crippen molar-refractivity contribution in [3.63, 3.8) is 0 Å².